The summed E-state index contributed by atoms with van der Waals surface area (Å²) in [6, 6.07) is 70.3. The van der Waals surface area contributed by atoms with Gasteiger partial charge in [0.1, 0.15) is 34.6 Å². The zero-order chi connectivity index (χ0) is 50.3. The summed E-state index contributed by atoms with van der Waals surface area (Å²) < 4.78 is 5.71. The molecule has 0 radical (unpaired) electrons. The van der Waals surface area contributed by atoms with E-state index in [0.29, 0.717) is 35.2 Å². The van der Waals surface area contributed by atoms with Gasteiger partial charge in [-0.15, -0.1) is 0 Å². The van der Waals surface area contributed by atoms with E-state index >= 15 is 0 Å². The predicted molar refractivity (Wildman–Crippen MR) is 308 cm³/mol. The van der Waals surface area contributed by atoms with Crippen LogP contribution in [0.15, 0.2) is 200 Å². The van der Waals surface area contributed by atoms with Gasteiger partial charge >= 0.3 is 5.97 Å². The number of aliphatic hydroxyl groups excluding tert-OH is 1. The molecule has 8 heteroatoms. The third-order valence-electron chi connectivity index (χ3n) is 14.5. The lowest BCUT2D eigenvalue weighted by Gasteiger charge is -2.36. The third kappa shape index (κ3) is 13.8. The van der Waals surface area contributed by atoms with E-state index in [-0.39, 0.29) is 31.3 Å². The van der Waals surface area contributed by atoms with Crippen molar-refractivity contribution in [2.75, 3.05) is 0 Å². The number of ether oxygens (including phenoxy) is 1. The molecule has 9 rings (SSSR count). The van der Waals surface area contributed by atoms with E-state index in [0.717, 1.165) is 25.2 Å². The molecular weight excluding hydrogens is 925 g/mol. The highest BCUT2D eigenvalue weighted by molar-refractivity contribution is 8.01. The van der Waals surface area contributed by atoms with Crippen molar-refractivity contribution in [1.82, 2.24) is 0 Å². The molecule has 6 atom stereocenters. The van der Waals surface area contributed by atoms with E-state index in [1.807, 2.05) is 0 Å². The Morgan fingerprint density at radius 2 is 0.958 bits per heavy atom. The fraction of sp³-hybridized carbons (Fsp3) is 0.328. The molecule has 0 saturated heterocycles. The Balaban J connectivity index is 0.000000210. The Bertz CT molecular complexity index is 2570. The van der Waals surface area contributed by atoms with Crippen LogP contribution in [0.5, 0.6) is 0 Å². The largest absolute Gasteiger partial charge is 0.458 e. The number of hydrogen-bond acceptors (Lipinski definition) is 5. The zero-order valence-electron chi connectivity index (χ0n) is 42.3. The van der Waals surface area contributed by atoms with E-state index in [1.165, 1.54) is 80.7 Å². The van der Waals surface area contributed by atoms with Crippen molar-refractivity contribution in [2.24, 2.45) is 35.5 Å². The molecule has 72 heavy (non-hydrogen) atoms. The van der Waals surface area contributed by atoms with Crippen molar-refractivity contribution in [1.29, 1.82) is 0 Å². The number of carbonyl (C=O) groups excluding carboxylic acids is 1. The van der Waals surface area contributed by atoms with Crippen molar-refractivity contribution in [2.45, 2.75) is 99.7 Å². The number of nitro benzene ring substituents is 1. The maximum Gasteiger partial charge on any atom is 0.338 e. The number of esters is 1. The summed E-state index contributed by atoms with van der Waals surface area (Å²) in [7, 11) is -2.84. The molecule has 2 aliphatic carbocycles. The molecule has 0 unspecified atom stereocenters. The second-order valence-electron chi connectivity index (χ2n) is 20.2. The van der Waals surface area contributed by atoms with Crippen molar-refractivity contribution >= 4 is 64.0 Å². The summed E-state index contributed by atoms with van der Waals surface area (Å²) in [6.07, 6.45) is 6.60. The maximum atomic E-state index is 12.3. The lowest BCUT2D eigenvalue weighted by Crippen LogP contribution is -2.39. The third-order valence-corrected chi connectivity index (χ3v) is 21.1. The van der Waals surface area contributed by atoms with Crippen molar-refractivity contribution in [3.63, 3.8) is 0 Å². The van der Waals surface area contributed by atoms with Gasteiger partial charge in [0.25, 0.3) is 5.69 Å². The SMILES string of the molecule is C.CC(C)[C@@H]1CC[C@@H](C)C[C@@H]1O.CC(C)[C@@H]1CC[C@@H](C)C[C@@H]1OC(=O)c1ccc([N+](=O)[O-])cc1.c1ccc(P(c2ccccc2)c2cccc([P+](c3ccccc3)(c3ccccc3)c3ccccc3)c2)cc1. The summed E-state index contributed by atoms with van der Waals surface area (Å²) >= 11 is 0. The Morgan fingerprint density at radius 1 is 0.556 bits per heavy atom. The molecule has 7 aromatic rings. The summed E-state index contributed by atoms with van der Waals surface area (Å²) in [5.41, 5.74) is 0.342. The highest BCUT2D eigenvalue weighted by Gasteiger charge is 2.48. The summed E-state index contributed by atoms with van der Waals surface area (Å²) in [5, 5.41) is 30.0. The van der Waals surface area contributed by atoms with Crippen LogP contribution in [0.3, 0.4) is 0 Å². The van der Waals surface area contributed by atoms with Crippen LogP contribution >= 0.6 is 15.2 Å². The van der Waals surface area contributed by atoms with Gasteiger partial charge in [0.05, 0.1) is 16.6 Å². The second kappa shape index (κ2) is 26.8. The van der Waals surface area contributed by atoms with Gasteiger partial charge in [-0.3, -0.25) is 10.1 Å². The summed E-state index contributed by atoms with van der Waals surface area (Å²) in [5.74, 6) is 2.98. The number of carbonyl (C=O) groups is 1. The molecular formula is C64H76NO5P2+. The van der Waals surface area contributed by atoms with E-state index < -0.39 is 20.1 Å². The standard InChI is InChI=1S/C36H29P2.C17H23NO4.C10H20O.CH4/c1-6-17-30(18-7-1)37(31-19-8-2-9-20-31)32-21-16-28-36(29-32)38(33-22-10-3-11-23-33,34-24-12-4-13-25-34)35-26-14-5-15-27-35;1-11(2)15-9-4-12(3)10-16(15)22-17(19)13-5-7-14(8-6-13)18(20)21;1-7(2)9-5-4-8(3)6-10(9)11;/h1-29H;5-8,11-12,15-16H,4,9-10H2,1-3H3;7-11H,4-6H2,1-3H3;1H4/q+1;;;/t;12-,15+,16+;8-,9+,10+;/m.11./s1. The van der Waals surface area contributed by atoms with E-state index in [2.05, 4.69) is 217 Å². The Kier molecular flexibility index (Phi) is 20.7. The Hall–Kier alpha value is -5.77. The fourth-order valence-electron chi connectivity index (χ4n) is 10.6. The van der Waals surface area contributed by atoms with Crippen LogP contribution in [0.2, 0.25) is 0 Å². The molecule has 2 fully saturated rings. The Morgan fingerprint density at radius 3 is 1.39 bits per heavy atom. The molecule has 0 spiro atoms. The molecule has 0 bridgehead atoms. The van der Waals surface area contributed by atoms with Gasteiger partial charge in [0, 0.05) is 12.1 Å². The first-order valence-corrected chi connectivity index (χ1v) is 28.7. The molecule has 2 aliphatic rings. The van der Waals surface area contributed by atoms with Crippen molar-refractivity contribution in [3.8, 4) is 0 Å². The highest BCUT2D eigenvalue weighted by atomic mass is 31.2. The topological polar surface area (TPSA) is 89.7 Å². The molecule has 0 heterocycles. The van der Waals surface area contributed by atoms with Crippen LogP contribution in [0.25, 0.3) is 0 Å². The van der Waals surface area contributed by atoms with Crippen LogP contribution in [0.1, 0.15) is 97.9 Å². The number of rotatable bonds is 12. The predicted octanol–water partition coefficient (Wildman–Crippen LogP) is 13.4. The maximum absolute atomic E-state index is 12.3. The number of nitro groups is 1. The molecule has 6 nitrogen and oxygen atoms in total. The molecule has 0 aliphatic heterocycles. The average Bonchev–Trinajstić information content (AvgIpc) is 3.39. The first kappa shape index (κ1) is 55.5. The number of nitrogens with zero attached hydrogens (tertiary/aromatic N) is 1. The number of aliphatic hydroxyl groups is 1. The van der Waals surface area contributed by atoms with Crippen molar-refractivity contribution in [3.05, 3.63) is 216 Å². The van der Waals surface area contributed by atoms with E-state index in [1.54, 1.807) is 0 Å². The van der Waals surface area contributed by atoms with Gasteiger partial charge < -0.3 is 9.84 Å². The summed E-state index contributed by atoms with van der Waals surface area (Å²) in [6.45, 7) is 13.2. The minimum absolute atomic E-state index is 0. The summed E-state index contributed by atoms with van der Waals surface area (Å²) in [4.78, 5) is 22.4. The van der Waals surface area contributed by atoms with Gasteiger partial charge in [-0.2, -0.15) is 0 Å². The molecule has 0 aromatic heterocycles. The number of non-ortho nitro benzene ring substituents is 1. The first-order valence-electron chi connectivity index (χ1n) is 25.6. The minimum atomic E-state index is -2.15. The van der Waals surface area contributed by atoms with E-state index in [9.17, 15) is 20.0 Å². The van der Waals surface area contributed by atoms with Gasteiger partial charge in [-0.25, -0.2) is 4.79 Å². The van der Waals surface area contributed by atoms with Gasteiger partial charge in [-0.1, -0.05) is 189 Å². The molecule has 376 valence electrons. The van der Waals surface area contributed by atoms with E-state index in [4.69, 9.17) is 4.74 Å². The van der Waals surface area contributed by atoms with Crippen LogP contribution in [0, 0.1) is 45.6 Å². The van der Waals surface area contributed by atoms with Gasteiger partial charge in [-0.05, 0) is 146 Å². The van der Waals surface area contributed by atoms with Crippen LogP contribution < -0.4 is 37.1 Å². The smallest absolute Gasteiger partial charge is 0.338 e. The minimum Gasteiger partial charge on any atom is -0.458 e. The molecule has 0 amide bonds. The Labute approximate surface area is 432 Å². The van der Waals surface area contributed by atoms with Crippen LogP contribution in [-0.2, 0) is 4.74 Å². The zero-order valence-corrected chi connectivity index (χ0v) is 44.1. The molecule has 7 aromatic carbocycles. The monoisotopic (exact) mass is 1000 g/mol. The average molecular weight is 1000 g/mol. The van der Waals surface area contributed by atoms with Crippen LogP contribution in [-0.4, -0.2) is 28.2 Å². The quantitative estimate of drug-likeness (QED) is 0.0570. The lowest BCUT2D eigenvalue weighted by molar-refractivity contribution is -0.384. The normalized spacial score (nSPS) is 19.7. The van der Waals surface area contributed by atoms with Gasteiger partial charge in [0.2, 0.25) is 0 Å². The highest BCUT2D eigenvalue weighted by Crippen LogP contribution is 2.54. The first-order chi connectivity index (χ1) is 34.4. The fourth-order valence-corrected chi connectivity index (χ4v) is 17.3. The van der Waals surface area contributed by atoms with Gasteiger partial charge in [0.15, 0.2) is 0 Å². The number of hydrogen-bond donors (Lipinski definition) is 1. The van der Waals surface area contributed by atoms with Crippen molar-refractivity contribution < 1.29 is 19.6 Å². The second-order valence-corrected chi connectivity index (χ2v) is 25.8. The molecule has 2 saturated carbocycles. The molecule has 1 N–H and O–H groups in total. The lowest BCUT2D eigenvalue weighted by atomic mass is 9.75. The number of benzene rings is 7. The van der Waals surface area contributed by atoms with Crippen LogP contribution in [0.4, 0.5) is 5.69 Å².